The molecule has 0 rings (SSSR count). The van der Waals surface area contributed by atoms with Crippen molar-refractivity contribution in [1.29, 1.82) is 0 Å². The molecule has 5 heteroatoms. The Morgan fingerprint density at radius 3 is 2.07 bits per heavy atom. The van der Waals surface area contributed by atoms with Crippen LogP contribution in [-0.2, 0) is 19.0 Å². The quantitative estimate of drug-likeness (QED) is 0.517. The van der Waals surface area contributed by atoms with Gasteiger partial charge in [0.05, 0.1) is 12.0 Å². The molecule has 0 aliphatic rings. The summed E-state index contributed by atoms with van der Waals surface area (Å²) in [5.41, 5.74) is -0.599. The molecule has 0 saturated carbocycles. The highest BCUT2D eigenvalue weighted by Gasteiger charge is 2.23. The van der Waals surface area contributed by atoms with Gasteiger partial charge in [0.25, 0.3) is 0 Å². The SMILES string of the molecule is CCOC(=O)OCOC(=O)C(C)(C)C. The van der Waals surface area contributed by atoms with Gasteiger partial charge in [0, 0.05) is 0 Å². The summed E-state index contributed by atoms with van der Waals surface area (Å²) in [6.45, 7) is 6.60. The zero-order chi connectivity index (χ0) is 11.2. The molecule has 0 fully saturated rings. The molecule has 0 amide bonds. The molecule has 0 aromatic heterocycles. The lowest BCUT2D eigenvalue weighted by molar-refractivity contribution is -0.162. The second-order valence-electron chi connectivity index (χ2n) is 3.63. The van der Waals surface area contributed by atoms with E-state index in [-0.39, 0.29) is 6.61 Å². The van der Waals surface area contributed by atoms with Crippen LogP contribution in [0.4, 0.5) is 4.79 Å². The van der Waals surface area contributed by atoms with E-state index in [0.29, 0.717) is 0 Å². The molecule has 0 aliphatic heterocycles. The van der Waals surface area contributed by atoms with Crippen molar-refractivity contribution in [2.75, 3.05) is 13.4 Å². The summed E-state index contributed by atoms with van der Waals surface area (Å²) in [5, 5.41) is 0. The number of ether oxygens (including phenoxy) is 3. The Morgan fingerprint density at radius 1 is 1.07 bits per heavy atom. The van der Waals surface area contributed by atoms with Crippen LogP contribution in [0.3, 0.4) is 0 Å². The van der Waals surface area contributed by atoms with Crippen LogP contribution in [0.1, 0.15) is 27.7 Å². The number of rotatable bonds is 3. The molecule has 0 aliphatic carbocycles. The number of hydrogen-bond acceptors (Lipinski definition) is 5. The Bertz CT molecular complexity index is 204. The zero-order valence-corrected chi connectivity index (χ0v) is 8.96. The lowest BCUT2D eigenvalue weighted by Crippen LogP contribution is -2.24. The molecule has 82 valence electrons. The lowest BCUT2D eigenvalue weighted by atomic mass is 9.98. The van der Waals surface area contributed by atoms with Crippen LogP contribution < -0.4 is 0 Å². The molecular weight excluding hydrogens is 188 g/mol. The second kappa shape index (κ2) is 5.47. The fraction of sp³-hybridized carbons (Fsp3) is 0.778. The third kappa shape index (κ3) is 5.40. The van der Waals surface area contributed by atoms with Crippen LogP contribution >= 0.6 is 0 Å². The van der Waals surface area contributed by atoms with E-state index in [2.05, 4.69) is 14.2 Å². The van der Waals surface area contributed by atoms with E-state index in [1.807, 2.05) is 0 Å². The van der Waals surface area contributed by atoms with Gasteiger partial charge in [-0.2, -0.15) is 0 Å². The van der Waals surface area contributed by atoms with E-state index < -0.39 is 24.3 Å². The Hall–Kier alpha value is -1.26. The van der Waals surface area contributed by atoms with Crippen molar-refractivity contribution in [3.05, 3.63) is 0 Å². The van der Waals surface area contributed by atoms with Crippen molar-refractivity contribution in [3.63, 3.8) is 0 Å². The predicted octanol–water partition coefficient (Wildman–Crippen LogP) is 1.71. The molecule has 0 N–H and O–H groups in total. The first-order valence-electron chi connectivity index (χ1n) is 4.34. The van der Waals surface area contributed by atoms with Crippen molar-refractivity contribution >= 4 is 12.1 Å². The fourth-order valence-electron chi connectivity index (χ4n) is 0.507. The fourth-order valence-corrected chi connectivity index (χ4v) is 0.507. The minimum Gasteiger partial charge on any atom is -0.435 e. The van der Waals surface area contributed by atoms with Gasteiger partial charge in [0.15, 0.2) is 0 Å². The standard InChI is InChI=1S/C9H16O5/c1-5-12-8(11)14-6-13-7(10)9(2,3)4/h5-6H2,1-4H3. The summed E-state index contributed by atoms with van der Waals surface area (Å²) in [4.78, 5) is 21.8. The van der Waals surface area contributed by atoms with Gasteiger partial charge in [-0.25, -0.2) is 4.79 Å². The average Bonchev–Trinajstić information content (AvgIpc) is 2.02. The van der Waals surface area contributed by atoms with Gasteiger partial charge in [-0.05, 0) is 27.7 Å². The topological polar surface area (TPSA) is 61.8 Å². The van der Waals surface area contributed by atoms with Crippen molar-refractivity contribution < 1.29 is 23.8 Å². The molecule has 0 bridgehead atoms. The highest BCUT2D eigenvalue weighted by atomic mass is 16.8. The maximum Gasteiger partial charge on any atom is 0.511 e. The Labute approximate surface area is 83.3 Å². The first-order valence-corrected chi connectivity index (χ1v) is 4.34. The van der Waals surface area contributed by atoms with Crippen molar-refractivity contribution in [2.24, 2.45) is 5.41 Å². The van der Waals surface area contributed by atoms with Gasteiger partial charge in [0.2, 0.25) is 6.79 Å². The molecule has 14 heavy (non-hydrogen) atoms. The summed E-state index contributed by atoms with van der Waals surface area (Å²) in [6.07, 6.45) is -0.839. The molecule has 0 aromatic rings. The molecule has 5 nitrogen and oxygen atoms in total. The second-order valence-corrected chi connectivity index (χ2v) is 3.63. The average molecular weight is 204 g/mol. The van der Waals surface area contributed by atoms with Gasteiger partial charge in [-0.1, -0.05) is 0 Å². The highest BCUT2D eigenvalue weighted by Crippen LogP contribution is 2.14. The molecule has 0 aromatic carbocycles. The van der Waals surface area contributed by atoms with Gasteiger partial charge >= 0.3 is 12.1 Å². The van der Waals surface area contributed by atoms with E-state index in [4.69, 9.17) is 0 Å². The van der Waals surface area contributed by atoms with E-state index in [0.717, 1.165) is 0 Å². The molecule has 0 saturated heterocycles. The molecule has 0 spiro atoms. The first-order chi connectivity index (χ1) is 6.38. The molecule has 0 heterocycles. The maximum absolute atomic E-state index is 11.1. The summed E-state index contributed by atoms with van der Waals surface area (Å²) < 4.78 is 13.6. The number of hydrogen-bond donors (Lipinski definition) is 0. The zero-order valence-electron chi connectivity index (χ0n) is 8.96. The van der Waals surface area contributed by atoms with Crippen LogP contribution in [0.15, 0.2) is 0 Å². The van der Waals surface area contributed by atoms with E-state index >= 15 is 0 Å². The minimum absolute atomic E-state index is 0.228. The van der Waals surface area contributed by atoms with E-state index in [1.165, 1.54) is 0 Å². The molecular formula is C9H16O5. The van der Waals surface area contributed by atoms with E-state index in [9.17, 15) is 9.59 Å². The van der Waals surface area contributed by atoms with Crippen molar-refractivity contribution in [1.82, 2.24) is 0 Å². The summed E-state index contributed by atoms with van der Waals surface area (Å²) >= 11 is 0. The first kappa shape index (κ1) is 12.7. The normalized spacial score (nSPS) is 10.6. The number of esters is 1. The largest absolute Gasteiger partial charge is 0.511 e. The van der Waals surface area contributed by atoms with Gasteiger partial charge in [-0.15, -0.1) is 0 Å². The van der Waals surface area contributed by atoms with E-state index in [1.54, 1.807) is 27.7 Å². The van der Waals surface area contributed by atoms with Gasteiger partial charge < -0.3 is 14.2 Å². The molecule has 0 unspecified atom stereocenters. The lowest BCUT2D eigenvalue weighted by Gasteiger charge is -2.15. The maximum atomic E-state index is 11.1. The van der Waals surface area contributed by atoms with Gasteiger partial charge in [0.1, 0.15) is 0 Å². The van der Waals surface area contributed by atoms with Gasteiger partial charge in [-0.3, -0.25) is 4.79 Å². The van der Waals surface area contributed by atoms with Crippen molar-refractivity contribution in [3.8, 4) is 0 Å². The van der Waals surface area contributed by atoms with Crippen LogP contribution in [-0.4, -0.2) is 25.5 Å². The number of carbonyl (C=O) groups is 2. The smallest absolute Gasteiger partial charge is 0.435 e. The summed E-state index contributed by atoms with van der Waals surface area (Å²) in [5.74, 6) is -0.429. The van der Waals surface area contributed by atoms with Crippen LogP contribution in [0.5, 0.6) is 0 Å². The van der Waals surface area contributed by atoms with Crippen molar-refractivity contribution in [2.45, 2.75) is 27.7 Å². The van der Waals surface area contributed by atoms with Crippen LogP contribution in [0, 0.1) is 5.41 Å². The third-order valence-corrected chi connectivity index (χ3v) is 1.24. The molecule has 0 radical (unpaired) electrons. The van der Waals surface area contributed by atoms with Crippen LogP contribution in [0.25, 0.3) is 0 Å². The Morgan fingerprint density at radius 2 is 1.64 bits per heavy atom. The monoisotopic (exact) mass is 204 g/mol. The highest BCUT2D eigenvalue weighted by molar-refractivity contribution is 5.75. The Balaban J connectivity index is 3.65. The summed E-state index contributed by atoms with van der Waals surface area (Å²) in [6, 6.07) is 0. The summed E-state index contributed by atoms with van der Waals surface area (Å²) in [7, 11) is 0. The van der Waals surface area contributed by atoms with Crippen LogP contribution in [0.2, 0.25) is 0 Å². The predicted molar refractivity (Wildman–Crippen MR) is 48.5 cm³/mol. The third-order valence-electron chi connectivity index (χ3n) is 1.24. The minimum atomic E-state index is -0.839. The Kier molecular flexibility index (Phi) is 4.97. The molecule has 0 atom stereocenters. The number of carbonyl (C=O) groups excluding carboxylic acids is 2.